The molecule has 3 heterocycles. The Morgan fingerprint density at radius 2 is 2.26 bits per heavy atom. The molecule has 118 valence electrons. The lowest BCUT2D eigenvalue weighted by Gasteiger charge is -2.10. The van der Waals surface area contributed by atoms with Crippen LogP contribution in [0.1, 0.15) is 53.4 Å². The summed E-state index contributed by atoms with van der Waals surface area (Å²) in [6.07, 6.45) is 4.96. The average molecular weight is 310 g/mol. The lowest BCUT2D eigenvalue weighted by molar-refractivity contribution is 0.102. The fourth-order valence-electron chi connectivity index (χ4n) is 2.82. The maximum Gasteiger partial charge on any atom is 0.259 e. The fraction of sp³-hybridized carbons (Fsp3) is 0.375. The molecular weight excluding hydrogens is 292 g/mol. The average Bonchev–Trinajstić information content (AvgIpc) is 3.13. The fourth-order valence-corrected chi connectivity index (χ4v) is 2.82. The van der Waals surface area contributed by atoms with E-state index in [1.165, 1.54) is 12.8 Å². The van der Waals surface area contributed by atoms with Gasteiger partial charge in [0, 0.05) is 18.0 Å². The Morgan fingerprint density at radius 1 is 1.43 bits per heavy atom. The first-order valence-electron chi connectivity index (χ1n) is 7.87. The molecule has 1 fully saturated rings. The van der Waals surface area contributed by atoms with Crippen LogP contribution in [0, 0.1) is 6.92 Å². The molecule has 1 aliphatic rings. The van der Waals surface area contributed by atoms with Gasteiger partial charge in [-0.1, -0.05) is 6.92 Å². The monoisotopic (exact) mass is 310 g/mol. The van der Waals surface area contributed by atoms with E-state index in [9.17, 15) is 4.79 Å². The minimum Gasteiger partial charge on any atom is -0.300 e. The number of hydrogen-bond acceptors (Lipinski definition) is 4. The molecule has 0 spiro atoms. The number of imidazole rings is 1. The van der Waals surface area contributed by atoms with Gasteiger partial charge in [0.25, 0.3) is 5.91 Å². The Labute approximate surface area is 133 Å². The van der Waals surface area contributed by atoms with Gasteiger partial charge in [0.15, 0.2) is 0 Å². The van der Waals surface area contributed by atoms with Crippen molar-refractivity contribution in [3.05, 3.63) is 41.2 Å². The van der Waals surface area contributed by atoms with Crippen LogP contribution in [0.15, 0.2) is 18.3 Å². The van der Waals surface area contributed by atoms with E-state index in [1.807, 2.05) is 32.2 Å². The number of aromatic amines is 1. The van der Waals surface area contributed by atoms with Gasteiger partial charge in [0.1, 0.15) is 11.6 Å². The van der Waals surface area contributed by atoms with Crippen LogP contribution in [0.5, 0.6) is 0 Å². The van der Waals surface area contributed by atoms with Crippen LogP contribution >= 0.6 is 0 Å². The van der Waals surface area contributed by atoms with Gasteiger partial charge >= 0.3 is 0 Å². The van der Waals surface area contributed by atoms with Gasteiger partial charge in [-0.05, 0) is 31.9 Å². The molecule has 4 rings (SSSR count). The summed E-state index contributed by atoms with van der Waals surface area (Å²) in [5.41, 5.74) is 2.53. The Morgan fingerprint density at radius 3 is 2.96 bits per heavy atom. The second kappa shape index (κ2) is 5.19. The van der Waals surface area contributed by atoms with Crippen LogP contribution < -0.4 is 5.32 Å². The molecule has 0 aliphatic heterocycles. The zero-order valence-electron chi connectivity index (χ0n) is 13.1. The molecule has 0 aromatic carbocycles. The van der Waals surface area contributed by atoms with Crippen LogP contribution in [-0.2, 0) is 6.42 Å². The highest BCUT2D eigenvalue weighted by Crippen LogP contribution is 2.39. The Bertz CT molecular complexity index is 889. The maximum absolute atomic E-state index is 12.6. The van der Waals surface area contributed by atoms with Gasteiger partial charge in [-0.15, -0.1) is 5.10 Å². The molecule has 0 unspecified atom stereocenters. The molecule has 0 bridgehead atoms. The lowest BCUT2D eigenvalue weighted by atomic mass is 10.1. The van der Waals surface area contributed by atoms with Crippen molar-refractivity contribution in [2.75, 3.05) is 5.32 Å². The molecule has 3 aromatic rings. The summed E-state index contributed by atoms with van der Waals surface area (Å²) >= 11 is 0. The molecule has 1 aliphatic carbocycles. The molecule has 3 aromatic heterocycles. The number of nitrogens with zero attached hydrogens (tertiary/aromatic N) is 4. The third kappa shape index (κ3) is 2.38. The number of aryl methyl sites for hydroxylation is 2. The highest BCUT2D eigenvalue weighted by Gasteiger charge is 2.29. The quantitative estimate of drug-likeness (QED) is 0.775. The number of carbonyl (C=O) groups excluding carboxylic acids is 1. The zero-order valence-corrected chi connectivity index (χ0v) is 13.1. The number of anilines is 1. The highest BCUT2D eigenvalue weighted by atomic mass is 16.1. The SMILES string of the molecule is CCc1nc(NC(=O)c2ccc3cnc(C4CC4)n3c2C)n[nH]1. The Hall–Kier alpha value is -2.70. The van der Waals surface area contributed by atoms with Gasteiger partial charge in [0.05, 0.1) is 17.3 Å². The third-order valence-electron chi connectivity index (χ3n) is 4.24. The van der Waals surface area contributed by atoms with Crippen LogP contribution in [0.4, 0.5) is 5.95 Å². The summed E-state index contributed by atoms with van der Waals surface area (Å²) in [4.78, 5) is 21.3. The predicted octanol–water partition coefficient (Wildman–Crippen LogP) is 2.45. The summed E-state index contributed by atoms with van der Waals surface area (Å²) in [5.74, 6) is 2.42. The van der Waals surface area contributed by atoms with Gasteiger partial charge in [0.2, 0.25) is 5.95 Å². The first-order chi connectivity index (χ1) is 11.2. The highest BCUT2D eigenvalue weighted by molar-refractivity contribution is 6.04. The van der Waals surface area contributed by atoms with E-state index >= 15 is 0 Å². The van der Waals surface area contributed by atoms with Crippen molar-refractivity contribution in [1.29, 1.82) is 0 Å². The van der Waals surface area contributed by atoms with Crippen molar-refractivity contribution < 1.29 is 4.79 Å². The largest absolute Gasteiger partial charge is 0.300 e. The Kier molecular flexibility index (Phi) is 3.14. The van der Waals surface area contributed by atoms with Crippen molar-refractivity contribution in [1.82, 2.24) is 24.6 Å². The molecule has 23 heavy (non-hydrogen) atoms. The smallest absolute Gasteiger partial charge is 0.259 e. The van der Waals surface area contributed by atoms with E-state index in [4.69, 9.17) is 0 Å². The van der Waals surface area contributed by atoms with Gasteiger partial charge in [-0.2, -0.15) is 4.98 Å². The van der Waals surface area contributed by atoms with Crippen LogP contribution in [0.25, 0.3) is 5.52 Å². The minimum absolute atomic E-state index is 0.207. The lowest BCUT2D eigenvalue weighted by Crippen LogP contribution is -2.16. The molecular formula is C16H18N6O. The minimum atomic E-state index is -0.207. The van der Waals surface area contributed by atoms with Crippen molar-refractivity contribution in [2.24, 2.45) is 0 Å². The summed E-state index contributed by atoms with van der Waals surface area (Å²) in [6.45, 7) is 3.92. The normalized spacial score (nSPS) is 14.3. The standard InChI is InChI=1S/C16H18N6O/c1-3-13-18-16(21-20-13)19-15(23)12-7-6-11-8-17-14(10-4-5-10)22(11)9(12)2/h6-8,10H,3-5H2,1-2H3,(H2,18,19,20,21,23). The van der Waals surface area contributed by atoms with E-state index in [0.29, 0.717) is 17.4 Å². The topological polar surface area (TPSA) is 88.0 Å². The molecule has 0 saturated heterocycles. The van der Waals surface area contributed by atoms with Crippen LogP contribution in [-0.4, -0.2) is 30.5 Å². The summed E-state index contributed by atoms with van der Waals surface area (Å²) in [5, 5.41) is 9.55. The van der Waals surface area contributed by atoms with Gasteiger partial charge in [-0.25, -0.2) is 4.98 Å². The molecule has 7 nitrogen and oxygen atoms in total. The van der Waals surface area contributed by atoms with E-state index < -0.39 is 0 Å². The number of pyridine rings is 1. The van der Waals surface area contributed by atoms with Crippen molar-refractivity contribution in [3.63, 3.8) is 0 Å². The maximum atomic E-state index is 12.6. The number of fused-ring (bicyclic) bond motifs is 1. The van der Waals surface area contributed by atoms with E-state index in [1.54, 1.807) is 0 Å². The van der Waals surface area contributed by atoms with Crippen molar-refractivity contribution in [3.8, 4) is 0 Å². The third-order valence-corrected chi connectivity index (χ3v) is 4.24. The summed E-state index contributed by atoms with van der Waals surface area (Å²) in [7, 11) is 0. The molecule has 1 saturated carbocycles. The number of nitrogens with one attached hydrogen (secondary N) is 2. The molecule has 1 amide bonds. The summed E-state index contributed by atoms with van der Waals surface area (Å²) < 4.78 is 2.09. The number of H-pyrrole nitrogens is 1. The molecule has 7 heteroatoms. The molecule has 0 radical (unpaired) electrons. The van der Waals surface area contributed by atoms with Crippen molar-refractivity contribution >= 4 is 17.4 Å². The number of rotatable bonds is 4. The molecule has 0 atom stereocenters. The van der Waals surface area contributed by atoms with Gasteiger partial charge in [-0.3, -0.25) is 19.6 Å². The number of amides is 1. The predicted molar refractivity (Wildman–Crippen MR) is 85.6 cm³/mol. The van der Waals surface area contributed by atoms with Crippen LogP contribution in [0.3, 0.4) is 0 Å². The number of hydrogen-bond donors (Lipinski definition) is 2. The summed E-state index contributed by atoms with van der Waals surface area (Å²) in [6, 6.07) is 3.75. The van der Waals surface area contributed by atoms with E-state index in [-0.39, 0.29) is 5.91 Å². The van der Waals surface area contributed by atoms with E-state index in [0.717, 1.165) is 29.3 Å². The van der Waals surface area contributed by atoms with Gasteiger partial charge < -0.3 is 0 Å². The van der Waals surface area contributed by atoms with Crippen LogP contribution in [0.2, 0.25) is 0 Å². The van der Waals surface area contributed by atoms with E-state index in [2.05, 4.69) is 29.9 Å². The van der Waals surface area contributed by atoms with Crippen molar-refractivity contribution in [2.45, 2.75) is 39.0 Å². The second-order valence-corrected chi connectivity index (χ2v) is 5.90. The number of carbonyl (C=O) groups is 1. The second-order valence-electron chi connectivity index (χ2n) is 5.90. The Balaban J connectivity index is 1.68. The number of aromatic nitrogens is 5. The zero-order chi connectivity index (χ0) is 16.0. The first kappa shape index (κ1) is 13.9. The first-order valence-corrected chi connectivity index (χ1v) is 7.87. The molecule has 2 N–H and O–H groups in total.